The van der Waals surface area contributed by atoms with Crippen molar-refractivity contribution in [2.45, 2.75) is 31.6 Å². The molecule has 0 radical (unpaired) electrons. The van der Waals surface area contributed by atoms with Crippen molar-refractivity contribution in [1.82, 2.24) is 0 Å². The number of benzene rings is 1. The zero-order valence-corrected chi connectivity index (χ0v) is 16.0. The van der Waals surface area contributed by atoms with E-state index in [2.05, 4.69) is 15.9 Å². The predicted octanol–water partition coefficient (Wildman–Crippen LogP) is 6.04. The second-order valence-electron chi connectivity index (χ2n) is 5.28. The van der Waals surface area contributed by atoms with Crippen LogP contribution >= 0.6 is 35.6 Å². The molecule has 2 N–H and O–H groups in total. The molecule has 0 amide bonds. The summed E-state index contributed by atoms with van der Waals surface area (Å²) >= 11 is 3.66. The summed E-state index contributed by atoms with van der Waals surface area (Å²) in [7, 11) is -3.54. The molecule has 2 rings (SSSR count). The molecule has 0 saturated carbocycles. The third-order valence-corrected chi connectivity index (χ3v) is 6.48. The lowest BCUT2D eigenvalue weighted by atomic mass is 10.1. The molecule has 0 saturated heterocycles. The number of aryl methyl sites for hydroxylation is 1. The highest BCUT2D eigenvalue weighted by Crippen LogP contribution is 2.58. The van der Waals surface area contributed by atoms with E-state index in [-0.39, 0.29) is 23.2 Å². The van der Waals surface area contributed by atoms with Gasteiger partial charge in [0, 0.05) is 16.3 Å². The van der Waals surface area contributed by atoms with Gasteiger partial charge < -0.3 is 14.5 Å². The van der Waals surface area contributed by atoms with Gasteiger partial charge in [0.1, 0.15) is 5.75 Å². The fourth-order valence-corrected chi connectivity index (χ4v) is 4.90. The van der Waals surface area contributed by atoms with Gasteiger partial charge in [-0.1, -0.05) is 0 Å². The Labute approximate surface area is 153 Å². The molecule has 0 aliphatic heterocycles. The highest BCUT2D eigenvalue weighted by molar-refractivity contribution is 9.10. The molecule has 3 nitrogen and oxygen atoms in total. The van der Waals surface area contributed by atoms with Crippen LogP contribution in [0.15, 0.2) is 16.6 Å². The molecule has 140 valence electrons. The topological polar surface area (TPSA) is 49.7 Å². The number of rotatable bonds is 6. The van der Waals surface area contributed by atoms with E-state index in [0.717, 1.165) is 0 Å². The first-order chi connectivity index (χ1) is 11.4. The minimum Gasteiger partial charge on any atom is -0.492 e. The third-order valence-electron chi connectivity index (χ3n) is 3.23. The van der Waals surface area contributed by atoms with E-state index in [0.29, 0.717) is 27.0 Å². The first-order valence-corrected chi connectivity index (χ1v) is 9.77. The van der Waals surface area contributed by atoms with Crippen LogP contribution in [0.1, 0.15) is 23.3 Å². The number of alkyl halides is 5. The van der Waals surface area contributed by atoms with Crippen molar-refractivity contribution in [2.24, 2.45) is 0 Å². The average Bonchev–Trinajstić information content (AvgIpc) is 2.80. The maximum Gasteiger partial charge on any atom is 0.389 e. The Kier molecular flexibility index (Phi) is 6.31. The summed E-state index contributed by atoms with van der Waals surface area (Å²) in [6, 6.07) is 3.15. The van der Waals surface area contributed by atoms with E-state index in [1.807, 2.05) is 0 Å². The van der Waals surface area contributed by atoms with E-state index in [4.69, 9.17) is 14.5 Å². The molecular weight excluding hydrogens is 454 g/mol. The van der Waals surface area contributed by atoms with E-state index < -0.39 is 31.5 Å². The van der Waals surface area contributed by atoms with Gasteiger partial charge >= 0.3 is 11.8 Å². The smallest absolute Gasteiger partial charge is 0.389 e. The summed E-state index contributed by atoms with van der Waals surface area (Å²) < 4.78 is 70.2. The number of hydrogen-bond donors (Lipinski definition) is 2. The Morgan fingerprint density at radius 3 is 2.40 bits per heavy atom. The van der Waals surface area contributed by atoms with E-state index >= 15 is 0 Å². The van der Waals surface area contributed by atoms with Gasteiger partial charge in [0.2, 0.25) is 8.38 Å². The average molecular weight is 467 g/mol. The molecule has 1 heterocycles. The molecule has 2 aromatic rings. The molecule has 1 aromatic heterocycles. The summed E-state index contributed by atoms with van der Waals surface area (Å²) in [5.74, 6) is 0.185. The van der Waals surface area contributed by atoms with Crippen LogP contribution in [0.2, 0.25) is 0 Å². The Morgan fingerprint density at radius 1 is 1.20 bits per heavy atom. The largest absolute Gasteiger partial charge is 0.492 e. The molecule has 11 heteroatoms. The summed E-state index contributed by atoms with van der Waals surface area (Å²) in [4.78, 5) is 17.4. The maximum atomic E-state index is 14.0. The predicted molar refractivity (Wildman–Crippen MR) is 90.3 cm³/mol. The van der Waals surface area contributed by atoms with Crippen molar-refractivity contribution < 1.29 is 36.5 Å². The zero-order chi connectivity index (χ0) is 19.0. The summed E-state index contributed by atoms with van der Waals surface area (Å²) in [5.41, 5.74) is -3.17. The second kappa shape index (κ2) is 7.60. The quantitative estimate of drug-likeness (QED) is 0.310. The van der Waals surface area contributed by atoms with Crippen molar-refractivity contribution >= 4 is 45.7 Å². The normalized spacial score (nSPS) is 13.0. The van der Waals surface area contributed by atoms with E-state index in [9.17, 15) is 22.0 Å². The third kappa shape index (κ3) is 4.80. The van der Waals surface area contributed by atoms with Gasteiger partial charge in [-0.25, -0.2) is 0 Å². The van der Waals surface area contributed by atoms with Crippen LogP contribution in [0.5, 0.6) is 5.75 Å². The first-order valence-electron chi connectivity index (χ1n) is 6.92. The lowest BCUT2D eigenvalue weighted by Gasteiger charge is -2.15. The monoisotopic (exact) mass is 466 g/mol. The Balaban J connectivity index is 2.35. The van der Waals surface area contributed by atoms with Crippen molar-refractivity contribution in [3.63, 3.8) is 0 Å². The SMILES string of the molecule is Cc1cc(OCCCC(F)(F)F)c2sc(C(F)(F)P(O)O)c(Br)c2c1. The maximum absolute atomic E-state index is 14.0. The molecule has 0 bridgehead atoms. The van der Waals surface area contributed by atoms with E-state index in [1.54, 1.807) is 19.1 Å². The standard InChI is InChI=1S/C14H13BrF5O3PS/c1-7-5-8-10(15)12(14(19,20)24(21)22)25-11(8)9(6-7)23-4-2-3-13(16,17)18/h5-6,21-22H,2-4H2,1H3. The number of hydrogen-bond acceptors (Lipinski definition) is 4. The lowest BCUT2D eigenvalue weighted by Crippen LogP contribution is -2.09. The summed E-state index contributed by atoms with van der Waals surface area (Å²) in [6.07, 6.45) is -5.54. The molecule has 0 aliphatic carbocycles. The fraction of sp³-hybridized carbons (Fsp3) is 0.429. The highest BCUT2D eigenvalue weighted by atomic mass is 79.9. The van der Waals surface area contributed by atoms with Gasteiger partial charge in [-0.3, -0.25) is 0 Å². The van der Waals surface area contributed by atoms with Gasteiger partial charge in [0.05, 0.1) is 16.2 Å². The summed E-state index contributed by atoms with van der Waals surface area (Å²) in [5, 5.41) is 0.377. The molecule has 0 unspecified atom stereocenters. The fourth-order valence-electron chi connectivity index (χ4n) is 2.12. The number of thiophene rings is 1. The van der Waals surface area contributed by atoms with Crippen molar-refractivity contribution in [3.05, 3.63) is 27.0 Å². The van der Waals surface area contributed by atoms with Gasteiger partial charge in [-0.05, 0) is 47.0 Å². The number of fused-ring (bicyclic) bond motifs is 1. The number of halogens is 6. The van der Waals surface area contributed by atoms with Crippen LogP contribution in [0.4, 0.5) is 22.0 Å². The molecule has 0 spiro atoms. The minimum atomic E-state index is -4.29. The first kappa shape index (κ1) is 20.8. The van der Waals surface area contributed by atoms with Gasteiger partial charge in [0.25, 0.3) is 0 Å². The Hall–Kier alpha value is -0.540. The van der Waals surface area contributed by atoms with Gasteiger partial charge in [-0.15, -0.1) is 11.3 Å². The minimum absolute atomic E-state index is 0.0111. The van der Waals surface area contributed by atoms with Crippen molar-refractivity contribution in [2.75, 3.05) is 6.61 Å². The molecule has 1 aromatic carbocycles. The number of ether oxygens (including phenoxy) is 1. The van der Waals surface area contributed by atoms with Crippen LogP contribution < -0.4 is 4.74 Å². The highest BCUT2D eigenvalue weighted by Gasteiger charge is 2.45. The van der Waals surface area contributed by atoms with Crippen LogP contribution in [-0.4, -0.2) is 22.6 Å². The van der Waals surface area contributed by atoms with Crippen LogP contribution in [-0.2, 0) is 5.66 Å². The molecular formula is C14H13BrF5O3PS. The van der Waals surface area contributed by atoms with Crippen LogP contribution in [0, 0.1) is 6.92 Å². The Morgan fingerprint density at radius 2 is 1.84 bits per heavy atom. The zero-order valence-electron chi connectivity index (χ0n) is 12.7. The van der Waals surface area contributed by atoms with Gasteiger partial charge in [0.15, 0.2) is 0 Å². The Bertz CT molecular complexity index is 763. The van der Waals surface area contributed by atoms with Crippen molar-refractivity contribution in [3.8, 4) is 5.75 Å². The van der Waals surface area contributed by atoms with Crippen molar-refractivity contribution in [1.29, 1.82) is 0 Å². The molecule has 0 aliphatic rings. The van der Waals surface area contributed by atoms with Gasteiger partial charge in [-0.2, -0.15) is 22.0 Å². The molecule has 0 fully saturated rings. The second-order valence-corrected chi connectivity index (χ2v) is 8.24. The molecule has 0 atom stereocenters. The lowest BCUT2D eigenvalue weighted by molar-refractivity contribution is -0.136. The molecule has 25 heavy (non-hydrogen) atoms. The van der Waals surface area contributed by atoms with Crippen LogP contribution in [0.25, 0.3) is 10.1 Å². The van der Waals surface area contributed by atoms with E-state index in [1.165, 1.54) is 0 Å². The van der Waals surface area contributed by atoms with Crippen LogP contribution in [0.3, 0.4) is 0 Å². The summed E-state index contributed by atoms with van der Waals surface area (Å²) in [6.45, 7) is 1.47.